The number of halogens is 1. The van der Waals surface area contributed by atoms with Gasteiger partial charge in [0.15, 0.2) is 0 Å². The Bertz CT molecular complexity index is 350. The summed E-state index contributed by atoms with van der Waals surface area (Å²) in [6, 6.07) is 1.80. The number of ether oxygens (including phenoxy) is 1. The highest BCUT2D eigenvalue weighted by molar-refractivity contribution is 7.12. The van der Waals surface area contributed by atoms with Crippen LogP contribution in [0.3, 0.4) is 0 Å². The monoisotopic (exact) mass is 262 g/mol. The number of nitrogens with zero attached hydrogens (tertiary/aromatic N) is 1. The van der Waals surface area contributed by atoms with Gasteiger partial charge in [-0.2, -0.15) is 0 Å². The number of carbonyl (C=O) groups excluding carboxylic acids is 1. The minimum atomic E-state index is 0. The Morgan fingerprint density at radius 3 is 2.75 bits per heavy atom. The number of hydrogen-bond acceptors (Lipinski definition) is 4. The number of thiophene rings is 1. The van der Waals surface area contributed by atoms with Gasteiger partial charge >= 0.3 is 0 Å². The highest BCUT2D eigenvalue weighted by Gasteiger charge is 2.19. The molecule has 1 saturated heterocycles. The normalized spacial score (nSPS) is 15.4. The van der Waals surface area contributed by atoms with Crippen LogP contribution in [0.1, 0.15) is 9.67 Å². The molecule has 4 nitrogen and oxygen atoms in total. The highest BCUT2D eigenvalue weighted by atomic mass is 35.5. The molecule has 1 aromatic rings. The first kappa shape index (κ1) is 13.3. The zero-order chi connectivity index (χ0) is 10.7. The van der Waals surface area contributed by atoms with Crippen molar-refractivity contribution in [3.05, 3.63) is 16.3 Å². The lowest BCUT2D eigenvalue weighted by Crippen LogP contribution is -2.46. The van der Waals surface area contributed by atoms with Crippen LogP contribution in [0.25, 0.3) is 0 Å². The third-order valence-corrected chi connectivity index (χ3v) is 3.32. The molecule has 0 atom stereocenters. The molecule has 0 aliphatic carbocycles. The predicted octanol–water partition coefficient (Wildman–Crippen LogP) is 1.22. The molecule has 1 N–H and O–H groups in total. The van der Waals surface area contributed by atoms with Crippen LogP contribution in [0.15, 0.2) is 11.4 Å². The van der Waals surface area contributed by atoms with Gasteiger partial charge in [-0.1, -0.05) is 0 Å². The molecule has 1 aliphatic heterocycles. The fourth-order valence-corrected chi connectivity index (χ4v) is 2.38. The molecule has 1 aromatic heterocycles. The van der Waals surface area contributed by atoms with Crippen LogP contribution in [-0.4, -0.2) is 44.1 Å². The van der Waals surface area contributed by atoms with Crippen LogP contribution in [0.2, 0.25) is 0 Å². The standard InChI is InChI=1S/C10H14N2O2S.ClH/c1-14-8-6-9(15-7-8)10(13)12-4-2-11-3-5-12;/h6-7,11H,2-5H2,1H3;1H. The van der Waals surface area contributed by atoms with Crippen molar-refractivity contribution in [2.24, 2.45) is 0 Å². The second kappa shape index (κ2) is 6.08. The third kappa shape index (κ3) is 2.87. The molecular formula is C10H15ClN2O2S. The van der Waals surface area contributed by atoms with Crippen LogP contribution in [-0.2, 0) is 0 Å². The minimum Gasteiger partial charge on any atom is -0.496 e. The van der Waals surface area contributed by atoms with Gasteiger partial charge in [-0.15, -0.1) is 23.7 Å². The van der Waals surface area contributed by atoms with Gasteiger partial charge in [0.1, 0.15) is 5.75 Å². The van der Waals surface area contributed by atoms with E-state index in [1.54, 1.807) is 13.2 Å². The van der Waals surface area contributed by atoms with E-state index in [2.05, 4.69) is 5.32 Å². The zero-order valence-corrected chi connectivity index (χ0v) is 10.7. The molecular weight excluding hydrogens is 248 g/mol. The summed E-state index contributed by atoms with van der Waals surface area (Å²) in [6.07, 6.45) is 0. The second-order valence-electron chi connectivity index (χ2n) is 3.39. The van der Waals surface area contributed by atoms with Crippen molar-refractivity contribution < 1.29 is 9.53 Å². The average molecular weight is 263 g/mol. The molecule has 0 aromatic carbocycles. The molecule has 16 heavy (non-hydrogen) atoms. The van der Waals surface area contributed by atoms with Crippen LogP contribution in [0.4, 0.5) is 0 Å². The number of nitrogens with one attached hydrogen (secondary N) is 1. The van der Waals surface area contributed by atoms with Gasteiger partial charge in [-0.3, -0.25) is 4.79 Å². The number of piperazine rings is 1. The molecule has 1 amide bonds. The summed E-state index contributed by atoms with van der Waals surface area (Å²) >= 11 is 1.44. The number of rotatable bonds is 2. The van der Waals surface area contributed by atoms with Gasteiger partial charge in [-0.05, 0) is 0 Å². The molecule has 1 fully saturated rings. The van der Waals surface area contributed by atoms with Crippen molar-refractivity contribution in [3.8, 4) is 5.75 Å². The molecule has 90 valence electrons. The van der Waals surface area contributed by atoms with E-state index in [4.69, 9.17) is 4.74 Å². The first-order chi connectivity index (χ1) is 7.31. The van der Waals surface area contributed by atoms with Crippen LogP contribution in [0, 0.1) is 0 Å². The number of hydrogen-bond donors (Lipinski definition) is 1. The third-order valence-electron chi connectivity index (χ3n) is 2.43. The minimum absolute atomic E-state index is 0. The van der Waals surface area contributed by atoms with Crippen molar-refractivity contribution in [3.63, 3.8) is 0 Å². The van der Waals surface area contributed by atoms with E-state index < -0.39 is 0 Å². The van der Waals surface area contributed by atoms with E-state index >= 15 is 0 Å². The van der Waals surface area contributed by atoms with E-state index in [9.17, 15) is 4.79 Å². The summed E-state index contributed by atoms with van der Waals surface area (Å²) in [6.45, 7) is 3.35. The summed E-state index contributed by atoms with van der Waals surface area (Å²) in [7, 11) is 1.61. The SMILES string of the molecule is COc1csc(C(=O)N2CCNCC2)c1.Cl. The maximum atomic E-state index is 12.0. The Morgan fingerprint density at radius 2 is 2.19 bits per heavy atom. The molecule has 1 aliphatic rings. The largest absolute Gasteiger partial charge is 0.496 e. The lowest BCUT2D eigenvalue weighted by atomic mass is 10.3. The van der Waals surface area contributed by atoms with Crippen molar-refractivity contribution in [2.45, 2.75) is 0 Å². The maximum absolute atomic E-state index is 12.0. The Morgan fingerprint density at radius 1 is 1.50 bits per heavy atom. The Hall–Kier alpha value is -0.780. The van der Waals surface area contributed by atoms with Gasteiger partial charge in [0.25, 0.3) is 5.91 Å². The van der Waals surface area contributed by atoms with Crippen LogP contribution < -0.4 is 10.1 Å². The van der Waals surface area contributed by atoms with E-state index in [0.29, 0.717) is 0 Å². The summed E-state index contributed by atoms with van der Waals surface area (Å²) in [5.41, 5.74) is 0. The maximum Gasteiger partial charge on any atom is 0.264 e. The van der Waals surface area contributed by atoms with Gasteiger partial charge < -0.3 is 15.0 Å². The van der Waals surface area contributed by atoms with Gasteiger partial charge in [0.2, 0.25) is 0 Å². The van der Waals surface area contributed by atoms with Crippen molar-refractivity contribution >= 4 is 29.7 Å². The molecule has 0 spiro atoms. The van der Waals surface area contributed by atoms with E-state index in [1.165, 1.54) is 11.3 Å². The average Bonchev–Trinajstić information content (AvgIpc) is 2.78. The molecule has 0 saturated carbocycles. The van der Waals surface area contributed by atoms with Gasteiger partial charge in [0.05, 0.1) is 12.0 Å². The Balaban J connectivity index is 0.00000128. The predicted molar refractivity (Wildman–Crippen MR) is 66.9 cm³/mol. The van der Waals surface area contributed by atoms with Crippen LogP contribution >= 0.6 is 23.7 Å². The lowest BCUT2D eigenvalue weighted by molar-refractivity contribution is 0.0740. The van der Waals surface area contributed by atoms with E-state index in [-0.39, 0.29) is 18.3 Å². The molecule has 2 heterocycles. The molecule has 6 heteroatoms. The highest BCUT2D eigenvalue weighted by Crippen LogP contribution is 2.22. The number of carbonyl (C=O) groups is 1. The Labute approximate surface area is 105 Å². The Kier molecular flexibility index (Phi) is 5.05. The fourth-order valence-electron chi connectivity index (χ4n) is 1.56. The second-order valence-corrected chi connectivity index (χ2v) is 4.30. The van der Waals surface area contributed by atoms with Crippen molar-refractivity contribution in [2.75, 3.05) is 33.3 Å². The van der Waals surface area contributed by atoms with Crippen molar-refractivity contribution in [1.82, 2.24) is 10.2 Å². The lowest BCUT2D eigenvalue weighted by Gasteiger charge is -2.26. The number of methoxy groups -OCH3 is 1. The molecule has 0 bridgehead atoms. The number of amides is 1. The summed E-state index contributed by atoms with van der Waals surface area (Å²) in [5, 5.41) is 5.08. The zero-order valence-electron chi connectivity index (χ0n) is 9.06. The van der Waals surface area contributed by atoms with E-state index in [0.717, 1.165) is 36.8 Å². The summed E-state index contributed by atoms with van der Waals surface area (Å²) in [5.74, 6) is 0.878. The summed E-state index contributed by atoms with van der Waals surface area (Å²) in [4.78, 5) is 14.6. The topological polar surface area (TPSA) is 41.6 Å². The van der Waals surface area contributed by atoms with Crippen molar-refractivity contribution in [1.29, 1.82) is 0 Å². The first-order valence-corrected chi connectivity index (χ1v) is 5.82. The fraction of sp³-hybridized carbons (Fsp3) is 0.500. The van der Waals surface area contributed by atoms with Crippen LogP contribution in [0.5, 0.6) is 5.75 Å². The van der Waals surface area contributed by atoms with Gasteiger partial charge in [-0.25, -0.2) is 0 Å². The van der Waals surface area contributed by atoms with Gasteiger partial charge in [0, 0.05) is 37.6 Å². The smallest absolute Gasteiger partial charge is 0.264 e. The molecule has 0 radical (unpaired) electrons. The summed E-state index contributed by atoms with van der Waals surface area (Å²) < 4.78 is 5.06. The molecule has 2 rings (SSSR count). The first-order valence-electron chi connectivity index (χ1n) is 4.94. The quantitative estimate of drug-likeness (QED) is 0.872. The molecule has 0 unspecified atom stereocenters. The van der Waals surface area contributed by atoms with E-state index in [1.807, 2.05) is 10.3 Å².